The Morgan fingerprint density at radius 3 is 2.64 bits per heavy atom. The molecule has 1 saturated carbocycles. The van der Waals surface area contributed by atoms with Gasteiger partial charge in [-0.15, -0.1) is 0 Å². The van der Waals surface area contributed by atoms with E-state index < -0.39 is 23.4 Å². The summed E-state index contributed by atoms with van der Waals surface area (Å²) < 4.78 is 33.7. The molecule has 3 rings (SSSR count). The van der Waals surface area contributed by atoms with Crippen LogP contribution in [0.4, 0.5) is 8.78 Å². The van der Waals surface area contributed by atoms with Crippen LogP contribution in [0.5, 0.6) is 5.75 Å². The van der Waals surface area contributed by atoms with Gasteiger partial charge in [-0.3, -0.25) is 0 Å². The van der Waals surface area contributed by atoms with E-state index in [2.05, 4.69) is 0 Å². The number of benzene rings is 1. The van der Waals surface area contributed by atoms with Gasteiger partial charge >= 0.3 is 5.97 Å². The minimum Gasteiger partial charge on any atom is -0.506 e. The number of pyridine rings is 1. The van der Waals surface area contributed by atoms with E-state index in [-0.39, 0.29) is 33.8 Å². The Labute approximate surface area is 129 Å². The lowest BCUT2D eigenvalue weighted by atomic mass is 10.1. The maximum absolute atomic E-state index is 13.6. The molecular weight excluding hydrogens is 312 g/mol. The van der Waals surface area contributed by atoms with Crippen LogP contribution in [0.3, 0.4) is 0 Å². The van der Waals surface area contributed by atoms with Crippen LogP contribution in [0.25, 0.3) is 10.9 Å². The van der Waals surface area contributed by atoms with Crippen LogP contribution in [-0.4, -0.2) is 22.2 Å². The quantitative estimate of drug-likeness (QED) is 0.687. The van der Waals surface area contributed by atoms with Crippen molar-refractivity contribution in [2.45, 2.75) is 25.8 Å². The van der Waals surface area contributed by atoms with Crippen molar-refractivity contribution in [3.63, 3.8) is 0 Å². The molecule has 0 aliphatic heterocycles. The fourth-order valence-electron chi connectivity index (χ4n) is 2.47. The standard InChI is InChI=1S/C15H13F2NO3S/c1-2-21-15(20)12-13(19)8-5-9(16)10(17)6-11(8)18(14(12)22)7-3-4-7/h5-7,19H,2-4H2,1H3. The van der Waals surface area contributed by atoms with Crippen LogP contribution >= 0.6 is 12.2 Å². The van der Waals surface area contributed by atoms with Crippen LogP contribution in [0, 0.1) is 16.3 Å². The first-order chi connectivity index (χ1) is 10.5. The Balaban J connectivity index is 2.40. The fourth-order valence-corrected chi connectivity index (χ4v) is 2.90. The number of carbonyl (C=O) groups excluding carboxylic acids is 1. The van der Waals surface area contributed by atoms with Gasteiger partial charge in [0.05, 0.1) is 12.1 Å². The zero-order valence-electron chi connectivity index (χ0n) is 11.7. The van der Waals surface area contributed by atoms with Crippen molar-refractivity contribution in [2.75, 3.05) is 6.61 Å². The zero-order chi connectivity index (χ0) is 16.0. The fraction of sp³-hybridized carbons (Fsp3) is 0.333. The summed E-state index contributed by atoms with van der Waals surface area (Å²) in [6.45, 7) is 1.75. The number of aromatic nitrogens is 1. The van der Waals surface area contributed by atoms with Crippen molar-refractivity contribution in [3.8, 4) is 5.75 Å². The first-order valence-electron chi connectivity index (χ1n) is 6.89. The molecule has 0 unspecified atom stereocenters. The van der Waals surface area contributed by atoms with E-state index in [0.29, 0.717) is 0 Å². The third-order valence-corrected chi connectivity index (χ3v) is 4.02. The Morgan fingerprint density at radius 1 is 1.41 bits per heavy atom. The Kier molecular flexibility index (Phi) is 3.60. The molecule has 0 amide bonds. The third-order valence-electron chi connectivity index (χ3n) is 3.61. The number of hydrogen-bond acceptors (Lipinski definition) is 4. The number of nitrogens with zero attached hydrogens (tertiary/aromatic N) is 1. The average molecular weight is 325 g/mol. The van der Waals surface area contributed by atoms with Crippen molar-refractivity contribution in [2.24, 2.45) is 0 Å². The molecule has 1 aliphatic carbocycles. The Morgan fingerprint density at radius 2 is 2.05 bits per heavy atom. The molecule has 22 heavy (non-hydrogen) atoms. The lowest BCUT2D eigenvalue weighted by Gasteiger charge is -2.16. The Hall–Kier alpha value is -2.02. The predicted octanol–water partition coefficient (Wildman–Crippen LogP) is 3.87. The van der Waals surface area contributed by atoms with Gasteiger partial charge in [0.1, 0.15) is 16.0 Å². The normalized spacial score (nSPS) is 14.3. The molecule has 0 saturated heterocycles. The van der Waals surface area contributed by atoms with Crippen molar-refractivity contribution in [3.05, 3.63) is 34.0 Å². The van der Waals surface area contributed by atoms with Gasteiger partial charge < -0.3 is 14.4 Å². The molecule has 1 aliphatic rings. The second-order valence-electron chi connectivity index (χ2n) is 5.13. The van der Waals surface area contributed by atoms with E-state index in [9.17, 15) is 18.7 Å². The molecule has 1 aromatic carbocycles. The minimum atomic E-state index is -1.10. The van der Waals surface area contributed by atoms with Gasteiger partial charge in [-0.2, -0.15) is 0 Å². The van der Waals surface area contributed by atoms with Crippen LogP contribution in [0.15, 0.2) is 12.1 Å². The summed E-state index contributed by atoms with van der Waals surface area (Å²) >= 11 is 5.28. The zero-order valence-corrected chi connectivity index (χ0v) is 12.5. The summed E-state index contributed by atoms with van der Waals surface area (Å²) in [5.74, 6) is -3.38. The van der Waals surface area contributed by atoms with Gasteiger partial charge in [0, 0.05) is 17.5 Å². The minimum absolute atomic E-state index is 0.0219. The summed E-state index contributed by atoms with van der Waals surface area (Å²) in [6, 6.07) is 1.89. The van der Waals surface area contributed by atoms with Crippen LogP contribution in [-0.2, 0) is 4.74 Å². The molecule has 4 nitrogen and oxygen atoms in total. The number of halogens is 2. The molecule has 0 spiro atoms. The summed E-state index contributed by atoms with van der Waals surface area (Å²) in [7, 11) is 0. The summed E-state index contributed by atoms with van der Waals surface area (Å²) in [5, 5.41) is 10.3. The molecule has 1 fully saturated rings. The highest BCUT2D eigenvalue weighted by Gasteiger charge is 2.30. The van der Waals surface area contributed by atoms with E-state index in [1.54, 1.807) is 11.5 Å². The summed E-state index contributed by atoms with van der Waals surface area (Å²) in [4.78, 5) is 12.0. The molecular formula is C15H13F2NO3S. The second-order valence-corrected chi connectivity index (χ2v) is 5.52. The smallest absolute Gasteiger partial charge is 0.344 e. The van der Waals surface area contributed by atoms with E-state index >= 15 is 0 Å². The topological polar surface area (TPSA) is 51.5 Å². The molecule has 0 radical (unpaired) electrons. The molecule has 0 atom stereocenters. The van der Waals surface area contributed by atoms with Gasteiger partial charge in [-0.25, -0.2) is 13.6 Å². The summed E-state index contributed by atoms with van der Waals surface area (Å²) in [5.41, 5.74) is 0.0965. The highest BCUT2D eigenvalue weighted by atomic mass is 32.1. The monoisotopic (exact) mass is 325 g/mol. The SMILES string of the molecule is CCOC(=O)c1c(O)c2cc(F)c(F)cc2n(C2CC2)c1=S. The number of esters is 1. The maximum atomic E-state index is 13.6. The van der Waals surface area contributed by atoms with Crippen molar-refractivity contribution in [1.29, 1.82) is 0 Å². The molecule has 116 valence electrons. The summed E-state index contributed by atoms with van der Waals surface area (Å²) in [6.07, 6.45) is 1.66. The lowest BCUT2D eigenvalue weighted by Crippen LogP contribution is -2.11. The molecule has 1 heterocycles. The van der Waals surface area contributed by atoms with E-state index in [0.717, 1.165) is 25.0 Å². The first kappa shape index (κ1) is 14.9. The first-order valence-corrected chi connectivity index (χ1v) is 7.29. The highest BCUT2D eigenvalue weighted by Crippen LogP contribution is 2.41. The van der Waals surface area contributed by atoms with Gasteiger partial charge in [-0.1, -0.05) is 12.2 Å². The maximum Gasteiger partial charge on any atom is 0.344 e. The lowest BCUT2D eigenvalue weighted by molar-refractivity contribution is 0.0521. The van der Waals surface area contributed by atoms with Crippen molar-refractivity contribution >= 4 is 29.1 Å². The van der Waals surface area contributed by atoms with E-state index in [1.807, 2.05) is 0 Å². The highest BCUT2D eigenvalue weighted by molar-refractivity contribution is 7.71. The van der Waals surface area contributed by atoms with Crippen molar-refractivity contribution < 1.29 is 23.4 Å². The molecule has 1 aromatic heterocycles. The molecule has 0 bridgehead atoms. The number of ether oxygens (including phenoxy) is 1. The number of hydrogen-bond donors (Lipinski definition) is 1. The second kappa shape index (κ2) is 5.31. The van der Waals surface area contributed by atoms with Crippen LogP contribution in [0.2, 0.25) is 0 Å². The van der Waals surface area contributed by atoms with Gasteiger partial charge in [0.2, 0.25) is 0 Å². The van der Waals surface area contributed by atoms with Gasteiger partial charge in [0.15, 0.2) is 11.6 Å². The predicted molar refractivity (Wildman–Crippen MR) is 78.6 cm³/mol. The number of fused-ring (bicyclic) bond motifs is 1. The van der Waals surface area contributed by atoms with Crippen molar-refractivity contribution in [1.82, 2.24) is 4.57 Å². The van der Waals surface area contributed by atoms with Gasteiger partial charge in [0.25, 0.3) is 0 Å². The number of aromatic hydroxyl groups is 1. The number of carbonyl (C=O) groups is 1. The van der Waals surface area contributed by atoms with Crippen LogP contribution in [0.1, 0.15) is 36.2 Å². The third kappa shape index (κ3) is 2.25. The van der Waals surface area contributed by atoms with Gasteiger partial charge in [-0.05, 0) is 25.8 Å². The molecule has 1 N–H and O–H groups in total. The Bertz CT molecular complexity index is 843. The van der Waals surface area contributed by atoms with E-state index in [4.69, 9.17) is 17.0 Å². The van der Waals surface area contributed by atoms with E-state index in [1.165, 1.54) is 0 Å². The van der Waals surface area contributed by atoms with Crippen LogP contribution < -0.4 is 0 Å². The molecule has 2 aromatic rings. The molecule has 7 heteroatoms. The number of rotatable bonds is 3. The average Bonchev–Trinajstić information content (AvgIpc) is 3.26. The largest absolute Gasteiger partial charge is 0.506 e.